The average Bonchev–Trinajstić information content (AvgIpc) is 2.88. The van der Waals surface area contributed by atoms with E-state index in [4.69, 9.17) is 16.3 Å². The lowest BCUT2D eigenvalue weighted by Crippen LogP contribution is -2.35. The van der Waals surface area contributed by atoms with E-state index >= 15 is 0 Å². The Morgan fingerprint density at radius 1 is 1.48 bits per heavy atom. The van der Waals surface area contributed by atoms with Crippen molar-refractivity contribution in [2.45, 2.75) is 11.7 Å². The van der Waals surface area contributed by atoms with E-state index in [9.17, 15) is 13.2 Å². The van der Waals surface area contributed by atoms with Crippen molar-refractivity contribution in [3.8, 4) is 5.75 Å². The van der Waals surface area contributed by atoms with Gasteiger partial charge in [0.2, 0.25) is 0 Å². The molecule has 1 atom stereocenters. The highest BCUT2D eigenvalue weighted by atomic mass is 35.5. The van der Waals surface area contributed by atoms with E-state index in [0.29, 0.717) is 29.4 Å². The maximum atomic E-state index is 12.2. The molecule has 21 heavy (non-hydrogen) atoms. The Hall–Kier alpha value is -1.47. The van der Waals surface area contributed by atoms with Crippen molar-refractivity contribution in [3.63, 3.8) is 0 Å². The van der Waals surface area contributed by atoms with Crippen molar-refractivity contribution < 1.29 is 17.9 Å². The molecule has 0 radical (unpaired) electrons. The zero-order valence-electron chi connectivity index (χ0n) is 11.8. The minimum absolute atomic E-state index is 0.202. The molecule has 1 saturated heterocycles. The Balaban J connectivity index is 2.08. The highest BCUT2D eigenvalue weighted by molar-refractivity contribution is 7.91. The van der Waals surface area contributed by atoms with Crippen molar-refractivity contribution in [1.29, 1.82) is 0 Å². The number of nitrogens with zero attached hydrogens (tertiary/aromatic N) is 1. The highest BCUT2D eigenvalue weighted by Gasteiger charge is 2.32. The fraction of sp³-hybridized carbons (Fsp3) is 0.462. The van der Waals surface area contributed by atoms with Gasteiger partial charge in [0, 0.05) is 24.4 Å². The number of ether oxygens (including phenoxy) is 1. The van der Waals surface area contributed by atoms with Crippen LogP contribution in [0.15, 0.2) is 18.2 Å². The van der Waals surface area contributed by atoms with Crippen LogP contribution in [0.2, 0.25) is 5.02 Å². The third-order valence-corrected chi connectivity index (χ3v) is 5.27. The van der Waals surface area contributed by atoms with Gasteiger partial charge in [0.1, 0.15) is 5.75 Å². The Bertz CT molecular complexity index is 648. The topological polar surface area (TPSA) is 75.7 Å². The number of rotatable bonds is 3. The van der Waals surface area contributed by atoms with E-state index in [1.54, 1.807) is 18.2 Å². The number of sulfone groups is 1. The second-order valence-corrected chi connectivity index (χ2v) is 7.72. The molecule has 1 N–H and O–H groups in total. The average molecular weight is 333 g/mol. The molecule has 0 bridgehead atoms. The molecule has 1 aromatic carbocycles. The molecule has 1 unspecified atom stereocenters. The molecule has 1 aliphatic rings. The smallest absolute Gasteiger partial charge is 0.321 e. The molecule has 0 saturated carbocycles. The number of carbonyl (C=O) groups excluding carboxylic acids is 1. The summed E-state index contributed by atoms with van der Waals surface area (Å²) in [6, 6.07) is 4.54. The number of nitrogens with one attached hydrogen (secondary N) is 1. The van der Waals surface area contributed by atoms with Crippen LogP contribution in [0.5, 0.6) is 5.75 Å². The summed E-state index contributed by atoms with van der Waals surface area (Å²) in [5.74, 6) is 0.492. The monoisotopic (exact) mass is 332 g/mol. The number of halogens is 1. The van der Waals surface area contributed by atoms with E-state index in [1.165, 1.54) is 18.3 Å². The summed E-state index contributed by atoms with van der Waals surface area (Å²) in [5, 5.41) is 2.68. The number of hydrogen-bond acceptors (Lipinski definition) is 4. The van der Waals surface area contributed by atoms with Crippen LogP contribution in [0.25, 0.3) is 0 Å². The number of benzene rings is 1. The minimum Gasteiger partial charge on any atom is -0.495 e. The van der Waals surface area contributed by atoms with Crippen LogP contribution in [0.4, 0.5) is 10.5 Å². The molecule has 6 nitrogen and oxygen atoms in total. The quantitative estimate of drug-likeness (QED) is 0.918. The van der Waals surface area contributed by atoms with Gasteiger partial charge in [0.05, 0.1) is 18.0 Å². The summed E-state index contributed by atoms with van der Waals surface area (Å²) in [6.45, 7) is 0.611. The lowest BCUT2D eigenvalue weighted by atomic mass is 10.3. The summed E-state index contributed by atoms with van der Waals surface area (Å²) in [4.78, 5) is 13.7. The lowest BCUT2D eigenvalue weighted by molar-refractivity contribution is 0.222. The standard InChI is InChI=1S/C13H17ClN2O4S/c1-20-12-4-3-9(14)7-11(12)15-13(17)16-6-5-10(8-16)21(2,18)19/h3-4,7,10H,5-6,8H2,1-2H3,(H,15,17). The van der Waals surface area contributed by atoms with Crippen molar-refractivity contribution in [2.24, 2.45) is 0 Å². The predicted octanol–water partition coefficient (Wildman–Crippen LogP) is 2.00. The normalized spacial score (nSPS) is 18.6. The van der Waals surface area contributed by atoms with Gasteiger partial charge in [-0.3, -0.25) is 0 Å². The Kier molecular flexibility index (Phi) is 4.63. The molecular formula is C13H17ClN2O4S. The van der Waals surface area contributed by atoms with Gasteiger partial charge < -0.3 is 15.0 Å². The first-order valence-electron chi connectivity index (χ1n) is 6.39. The first kappa shape index (κ1) is 15.9. The Morgan fingerprint density at radius 2 is 2.19 bits per heavy atom. The van der Waals surface area contributed by atoms with Crippen LogP contribution in [0, 0.1) is 0 Å². The van der Waals surface area contributed by atoms with E-state index in [-0.39, 0.29) is 12.6 Å². The van der Waals surface area contributed by atoms with Gasteiger partial charge in [-0.25, -0.2) is 13.2 Å². The van der Waals surface area contributed by atoms with Crippen LogP contribution < -0.4 is 10.1 Å². The molecule has 116 valence electrons. The first-order chi connectivity index (χ1) is 9.81. The molecule has 2 rings (SSSR count). The summed E-state index contributed by atoms with van der Waals surface area (Å²) >= 11 is 5.90. The number of carbonyl (C=O) groups is 1. The van der Waals surface area contributed by atoms with Gasteiger partial charge in [0.15, 0.2) is 9.84 Å². The van der Waals surface area contributed by atoms with Crippen molar-refractivity contribution in [3.05, 3.63) is 23.2 Å². The van der Waals surface area contributed by atoms with Crippen molar-refractivity contribution >= 4 is 33.2 Å². The summed E-state index contributed by atoms with van der Waals surface area (Å²) in [5.41, 5.74) is 0.456. The van der Waals surface area contributed by atoms with Crippen molar-refractivity contribution in [1.82, 2.24) is 4.90 Å². The van der Waals surface area contributed by atoms with E-state index in [0.717, 1.165) is 0 Å². The fourth-order valence-corrected chi connectivity index (χ4v) is 3.39. The zero-order chi connectivity index (χ0) is 15.6. The van der Waals surface area contributed by atoms with Crippen LogP contribution in [0.1, 0.15) is 6.42 Å². The molecule has 1 fully saturated rings. The molecule has 1 heterocycles. The fourth-order valence-electron chi connectivity index (χ4n) is 2.23. The molecule has 1 aliphatic heterocycles. The highest BCUT2D eigenvalue weighted by Crippen LogP contribution is 2.28. The maximum absolute atomic E-state index is 12.2. The largest absolute Gasteiger partial charge is 0.495 e. The lowest BCUT2D eigenvalue weighted by Gasteiger charge is -2.18. The second-order valence-electron chi connectivity index (χ2n) is 4.96. The number of methoxy groups -OCH3 is 1. The second kappa shape index (κ2) is 6.11. The van der Waals surface area contributed by atoms with Gasteiger partial charge >= 0.3 is 6.03 Å². The number of likely N-dealkylation sites (tertiary alicyclic amines) is 1. The number of hydrogen-bond donors (Lipinski definition) is 1. The number of anilines is 1. The van der Waals surface area contributed by atoms with Gasteiger partial charge in [-0.15, -0.1) is 0 Å². The molecular weight excluding hydrogens is 316 g/mol. The predicted molar refractivity (Wildman–Crippen MR) is 81.8 cm³/mol. The van der Waals surface area contributed by atoms with Crippen molar-refractivity contribution in [2.75, 3.05) is 31.8 Å². The van der Waals surface area contributed by atoms with Crippen LogP contribution in [0.3, 0.4) is 0 Å². The molecule has 0 spiro atoms. The van der Waals surface area contributed by atoms with Crippen LogP contribution >= 0.6 is 11.6 Å². The summed E-state index contributed by atoms with van der Waals surface area (Å²) < 4.78 is 28.2. The number of urea groups is 1. The molecule has 8 heteroatoms. The molecule has 1 aromatic rings. The minimum atomic E-state index is -3.13. The van der Waals surface area contributed by atoms with Gasteiger partial charge in [-0.1, -0.05) is 11.6 Å². The van der Waals surface area contributed by atoms with Crippen LogP contribution in [-0.2, 0) is 9.84 Å². The number of amides is 2. The third kappa shape index (κ3) is 3.79. The summed E-state index contributed by atoms with van der Waals surface area (Å²) in [6.07, 6.45) is 1.65. The Morgan fingerprint density at radius 3 is 2.76 bits per heavy atom. The van der Waals surface area contributed by atoms with E-state index < -0.39 is 15.1 Å². The third-order valence-electron chi connectivity index (χ3n) is 3.44. The SMILES string of the molecule is COc1ccc(Cl)cc1NC(=O)N1CCC(S(C)(=O)=O)C1. The van der Waals surface area contributed by atoms with Gasteiger partial charge in [-0.05, 0) is 24.6 Å². The Labute approximate surface area is 128 Å². The first-order valence-corrected chi connectivity index (χ1v) is 8.73. The zero-order valence-corrected chi connectivity index (χ0v) is 13.4. The van der Waals surface area contributed by atoms with E-state index in [1.807, 2.05) is 0 Å². The van der Waals surface area contributed by atoms with Gasteiger partial charge in [-0.2, -0.15) is 0 Å². The maximum Gasteiger partial charge on any atom is 0.321 e. The molecule has 0 aromatic heterocycles. The van der Waals surface area contributed by atoms with E-state index in [2.05, 4.69) is 5.32 Å². The van der Waals surface area contributed by atoms with Crippen LogP contribution in [-0.4, -0.2) is 51.1 Å². The molecule has 0 aliphatic carbocycles. The van der Waals surface area contributed by atoms with Gasteiger partial charge in [0.25, 0.3) is 0 Å². The molecule has 2 amide bonds. The summed E-state index contributed by atoms with van der Waals surface area (Å²) in [7, 11) is -1.63.